The number of anilines is 1. The number of carbonyl (C=O) groups is 3. The third kappa shape index (κ3) is 5.23. The molecule has 0 bridgehead atoms. The fraction of sp³-hybridized carbons (Fsp3) is 0.318. The van der Waals surface area contributed by atoms with Gasteiger partial charge in [0.1, 0.15) is 6.04 Å². The molecule has 1 heterocycles. The minimum atomic E-state index is -0.411. The minimum absolute atomic E-state index is 0.0870. The zero-order valence-corrected chi connectivity index (χ0v) is 17.9. The third-order valence-electron chi connectivity index (χ3n) is 4.86. The van der Waals surface area contributed by atoms with Gasteiger partial charge in [0.25, 0.3) is 11.8 Å². The van der Waals surface area contributed by atoms with Crippen molar-refractivity contribution < 1.29 is 14.4 Å². The molecule has 6 nitrogen and oxygen atoms in total. The third-order valence-corrected chi connectivity index (χ3v) is 5.39. The average Bonchev–Trinajstić information content (AvgIpc) is 3.22. The van der Waals surface area contributed by atoms with Gasteiger partial charge in [0, 0.05) is 34.4 Å². The fourth-order valence-corrected chi connectivity index (χ4v) is 3.58. The first kappa shape index (κ1) is 21.0. The predicted molar refractivity (Wildman–Crippen MR) is 116 cm³/mol. The van der Waals surface area contributed by atoms with Crippen LogP contribution in [-0.4, -0.2) is 41.8 Å². The smallest absolute Gasteiger partial charge is 0.255 e. The second-order valence-electron chi connectivity index (χ2n) is 6.99. The number of nitrogens with one attached hydrogen (secondary N) is 2. The van der Waals surface area contributed by atoms with Gasteiger partial charge in [-0.15, -0.1) is 0 Å². The lowest BCUT2D eigenvalue weighted by molar-refractivity contribution is -0.124. The number of rotatable bonds is 6. The molecule has 0 aliphatic carbocycles. The first-order chi connectivity index (χ1) is 14.0. The summed E-state index contributed by atoms with van der Waals surface area (Å²) in [6.07, 6.45) is 2.36. The van der Waals surface area contributed by atoms with Gasteiger partial charge in [0.15, 0.2) is 0 Å². The van der Waals surface area contributed by atoms with Crippen molar-refractivity contribution in [2.75, 3.05) is 18.4 Å². The summed E-state index contributed by atoms with van der Waals surface area (Å²) in [5, 5.41) is 5.70. The minimum Gasteiger partial charge on any atom is -0.354 e. The Balaban J connectivity index is 1.64. The maximum atomic E-state index is 12.9. The van der Waals surface area contributed by atoms with Crippen molar-refractivity contribution in [3.05, 3.63) is 64.1 Å². The van der Waals surface area contributed by atoms with E-state index >= 15 is 0 Å². The number of hydrogen-bond donors (Lipinski definition) is 2. The van der Waals surface area contributed by atoms with Gasteiger partial charge in [-0.05, 0) is 67.8 Å². The van der Waals surface area contributed by atoms with E-state index in [2.05, 4.69) is 26.6 Å². The summed E-state index contributed by atoms with van der Waals surface area (Å²) in [6, 6.07) is 13.4. The van der Waals surface area contributed by atoms with E-state index in [-0.39, 0.29) is 17.7 Å². The molecule has 3 amide bonds. The number of amides is 3. The topological polar surface area (TPSA) is 78.5 Å². The molecule has 7 heteroatoms. The summed E-state index contributed by atoms with van der Waals surface area (Å²) in [5.74, 6) is -0.468. The first-order valence-electron chi connectivity index (χ1n) is 9.75. The first-order valence-corrected chi connectivity index (χ1v) is 10.5. The van der Waals surface area contributed by atoms with E-state index in [1.54, 1.807) is 53.4 Å². The van der Waals surface area contributed by atoms with Crippen molar-refractivity contribution in [3.63, 3.8) is 0 Å². The van der Waals surface area contributed by atoms with Gasteiger partial charge in [-0.1, -0.05) is 22.9 Å². The van der Waals surface area contributed by atoms with Gasteiger partial charge < -0.3 is 15.5 Å². The molecule has 1 fully saturated rings. The summed E-state index contributed by atoms with van der Waals surface area (Å²) in [7, 11) is 0. The maximum absolute atomic E-state index is 12.9. The predicted octanol–water partition coefficient (Wildman–Crippen LogP) is 3.83. The number of hydrogen-bond acceptors (Lipinski definition) is 3. The standard InChI is InChI=1S/C22H24BrN3O3/c1-2-13-24-21(28)19-4-3-14-26(19)22(29)16-7-11-18(12-8-16)25-20(27)15-5-9-17(23)10-6-15/h5-12,19H,2-4,13-14H2,1H3,(H,24,28)(H,25,27)/t19-/m0/s1. The summed E-state index contributed by atoms with van der Waals surface area (Å²) in [4.78, 5) is 39.2. The molecule has 1 saturated heterocycles. The van der Waals surface area contributed by atoms with Crippen molar-refractivity contribution in [2.45, 2.75) is 32.2 Å². The van der Waals surface area contributed by atoms with Gasteiger partial charge in [0.2, 0.25) is 5.91 Å². The van der Waals surface area contributed by atoms with Gasteiger partial charge in [0.05, 0.1) is 0 Å². The number of benzene rings is 2. The van der Waals surface area contributed by atoms with Crippen LogP contribution in [0.2, 0.25) is 0 Å². The Bertz CT molecular complexity index is 881. The second kappa shape index (κ2) is 9.69. The Morgan fingerprint density at radius 3 is 2.34 bits per heavy atom. The number of nitrogens with zero attached hydrogens (tertiary/aromatic N) is 1. The molecule has 1 aliphatic rings. The molecule has 1 aliphatic heterocycles. The van der Waals surface area contributed by atoms with E-state index in [9.17, 15) is 14.4 Å². The summed E-state index contributed by atoms with van der Waals surface area (Å²) in [5.41, 5.74) is 1.65. The van der Waals surface area contributed by atoms with Crippen LogP contribution in [0, 0.1) is 0 Å². The van der Waals surface area contributed by atoms with Crippen LogP contribution in [0.25, 0.3) is 0 Å². The Morgan fingerprint density at radius 1 is 1.03 bits per heavy atom. The molecule has 0 spiro atoms. The maximum Gasteiger partial charge on any atom is 0.255 e. The highest BCUT2D eigenvalue weighted by atomic mass is 79.9. The highest BCUT2D eigenvalue weighted by molar-refractivity contribution is 9.10. The van der Waals surface area contributed by atoms with E-state index < -0.39 is 6.04 Å². The molecule has 2 N–H and O–H groups in total. The molecular weight excluding hydrogens is 434 g/mol. The highest BCUT2D eigenvalue weighted by Crippen LogP contribution is 2.21. The monoisotopic (exact) mass is 457 g/mol. The van der Waals surface area contributed by atoms with Crippen LogP contribution < -0.4 is 10.6 Å². The Kier molecular flexibility index (Phi) is 7.04. The Morgan fingerprint density at radius 2 is 1.69 bits per heavy atom. The lowest BCUT2D eigenvalue weighted by Crippen LogP contribution is -2.46. The zero-order valence-electron chi connectivity index (χ0n) is 16.3. The molecule has 1 atom stereocenters. The van der Waals surface area contributed by atoms with E-state index in [4.69, 9.17) is 0 Å². The van der Waals surface area contributed by atoms with Crippen molar-refractivity contribution in [1.29, 1.82) is 0 Å². The number of carbonyl (C=O) groups excluding carboxylic acids is 3. The van der Waals surface area contributed by atoms with E-state index in [1.165, 1.54) is 0 Å². The van der Waals surface area contributed by atoms with Gasteiger partial charge in [-0.3, -0.25) is 14.4 Å². The van der Waals surface area contributed by atoms with Crippen molar-refractivity contribution in [2.24, 2.45) is 0 Å². The molecule has 0 aromatic heterocycles. The SMILES string of the molecule is CCCNC(=O)[C@@H]1CCCN1C(=O)c1ccc(NC(=O)c2ccc(Br)cc2)cc1. The molecule has 0 unspecified atom stereocenters. The average molecular weight is 458 g/mol. The van der Waals surface area contributed by atoms with E-state index in [0.717, 1.165) is 17.3 Å². The molecular formula is C22H24BrN3O3. The molecule has 3 rings (SSSR count). The highest BCUT2D eigenvalue weighted by Gasteiger charge is 2.34. The lowest BCUT2D eigenvalue weighted by Gasteiger charge is -2.24. The lowest BCUT2D eigenvalue weighted by atomic mass is 10.1. The second-order valence-corrected chi connectivity index (χ2v) is 7.90. The van der Waals surface area contributed by atoms with Crippen LogP contribution >= 0.6 is 15.9 Å². The van der Waals surface area contributed by atoms with Crippen molar-refractivity contribution >= 4 is 39.3 Å². The molecule has 0 saturated carbocycles. The Labute approximate surface area is 178 Å². The van der Waals surface area contributed by atoms with Gasteiger partial charge >= 0.3 is 0 Å². The molecule has 152 valence electrons. The fourth-order valence-electron chi connectivity index (χ4n) is 3.31. The van der Waals surface area contributed by atoms with Crippen molar-refractivity contribution in [1.82, 2.24) is 10.2 Å². The van der Waals surface area contributed by atoms with Crippen LogP contribution in [0.1, 0.15) is 46.9 Å². The van der Waals surface area contributed by atoms with Crippen LogP contribution in [-0.2, 0) is 4.79 Å². The number of halogens is 1. The van der Waals surface area contributed by atoms with E-state index in [0.29, 0.717) is 36.3 Å². The molecule has 2 aromatic rings. The quantitative estimate of drug-likeness (QED) is 0.691. The van der Waals surface area contributed by atoms with Crippen molar-refractivity contribution in [3.8, 4) is 0 Å². The molecule has 2 aromatic carbocycles. The van der Waals surface area contributed by atoms with Crippen LogP contribution in [0.15, 0.2) is 53.0 Å². The summed E-state index contributed by atoms with van der Waals surface area (Å²) >= 11 is 3.34. The van der Waals surface area contributed by atoms with Gasteiger partial charge in [-0.2, -0.15) is 0 Å². The normalized spacial score (nSPS) is 15.8. The number of likely N-dealkylation sites (tertiary alicyclic amines) is 1. The largest absolute Gasteiger partial charge is 0.354 e. The zero-order chi connectivity index (χ0) is 20.8. The van der Waals surface area contributed by atoms with Crippen LogP contribution in [0.4, 0.5) is 5.69 Å². The van der Waals surface area contributed by atoms with Crippen LogP contribution in [0.5, 0.6) is 0 Å². The van der Waals surface area contributed by atoms with Gasteiger partial charge in [-0.25, -0.2) is 0 Å². The van der Waals surface area contributed by atoms with Crippen LogP contribution in [0.3, 0.4) is 0 Å². The molecule has 29 heavy (non-hydrogen) atoms. The Hall–Kier alpha value is -2.67. The van der Waals surface area contributed by atoms with E-state index in [1.807, 2.05) is 6.92 Å². The molecule has 0 radical (unpaired) electrons. The summed E-state index contributed by atoms with van der Waals surface area (Å²) in [6.45, 7) is 3.18. The summed E-state index contributed by atoms with van der Waals surface area (Å²) < 4.78 is 0.903.